The number of hydrogen-bond donors (Lipinski definition) is 1. The van der Waals surface area contributed by atoms with Gasteiger partial charge in [0.25, 0.3) is 0 Å². The first-order valence-electron chi connectivity index (χ1n) is 10.0. The minimum atomic E-state index is -0.402. The first-order valence-corrected chi connectivity index (χ1v) is 10.4. The van der Waals surface area contributed by atoms with Gasteiger partial charge >= 0.3 is 0 Å². The summed E-state index contributed by atoms with van der Waals surface area (Å²) in [5.74, 6) is -0.0546. The van der Waals surface area contributed by atoms with E-state index >= 15 is 0 Å². The van der Waals surface area contributed by atoms with E-state index in [0.717, 1.165) is 6.42 Å². The molecule has 160 valence electrons. The summed E-state index contributed by atoms with van der Waals surface area (Å²) >= 11 is 6.10. The molecule has 0 spiro atoms. The second-order valence-corrected chi connectivity index (χ2v) is 8.21. The maximum absolute atomic E-state index is 12.8. The van der Waals surface area contributed by atoms with Crippen LogP contribution >= 0.6 is 11.6 Å². The van der Waals surface area contributed by atoms with E-state index in [2.05, 4.69) is 22.3 Å². The molecule has 6 nitrogen and oxygen atoms in total. The second-order valence-electron chi connectivity index (χ2n) is 7.77. The fraction of sp³-hybridized carbons (Fsp3) is 0.391. The molecule has 3 rings (SSSR count). The van der Waals surface area contributed by atoms with Crippen molar-refractivity contribution in [3.05, 3.63) is 59.1 Å². The van der Waals surface area contributed by atoms with Gasteiger partial charge in [-0.05, 0) is 44.3 Å². The highest BCUT2D eigenvalue weighted by Crippen LogP contribution is 2.35. The summed E-state index contributed by atoms with van der Waals surface area (Å²) in [6.07, 6.45) is 1.01. The summed E-state index contributed by atoms with van der Waals surface area (Å²) in [5.41, 5.74) is 1.82. The van der Waals surface area contributed by atoms with Crippen LogP contribution in [-0.4, -0.2) is 57.1 Å². The Kier molecular flexibility index (Phi) is 7.34. The normalized spacial score (nSPS) is 17.3. The zero-order valence-electron chi connectivity index (χ0n) is 17.6. The van der Waals surface area contributed by atoms with Crippen molar-refractivity contribution in [1.29, 1.82) is 0 Å². The molecule has 0 bridgehead atoms. The van der Waals surface area contributed by atoms with Crippen LogP contribution in [0.2, 0.25) is 5.02 Å². The lowest BCUT2D eigenvalue weighted by Gasteiger charge is -2.25. The van der Waals surface area contributed by atoms with Crippen LogP contribution in [-0.2, 0) is 16.0 Å². The van der Waals surface area contributed by atoms with Crippen molar-refractivity contribution >= 4 is 29.1 Å². The van der Waals surface area contributed by atoms with Crippen LogP contribution < -0.4 is 15.0 Å². The zero-order chi connectivity index (χ0) is 21.7. The number of carbonyl (C=O) groups excluding carboxylic acids is 2. The molecule has 2 atom stereocenters. The molecule has 2 aromatic rings. The van der Waals surface area contributed by atoms with Crippen molar-refractivity contribution in [3.8, 4) is 5.75 Å². The third-order valence-electron chi connectivity index (χ3n) is 5.48. The largest absolute Gasteiger partial charge is 0.495 e. The molecule has 1 N–H and O–H groups in total. The Morgan fingerprint density at radius 2 is 2.00 bits per heavy atom. The SMILES string of the molecule is COc1ccc(Cl)cc1N1CC(C(=O)NCC(Cc2ccccc2)N(C)C)CC1=O. The molecule has 2 unspecified atom stereocenters. The number of halogens is 1. The van der Waals surface area contributed by atoms with Gasteiger partial charge in [0.1, 0.15) is 5.75 Å². The number of benzene rings is 2. The van der Waals surface area contributed by atoms with Crippen molar-refractivity contribution in [2.24, 2.45) is 5.92 Å². The predicted molar refractivity (Wildman–Crippen MR) is 119 cm³/mol. The van der Waals surface area contributed by atoms with Gasteiger partial charge in [0.15, 0.2) is 0 Å². The highest BCUT2D eigenvalue weighted by molar-refractivity contribution is 6.31. The highest BCUT2D eigenvalue weighted by atomic mass is 35.5. The van der Waals surface area contributed by atoms with E-state index in [4.69, 9.17) is 16.3 Å². The number of ether oxygens (including phenoxy) is 1. The summed E-state index contributed by atoms with van der Waals surface area (Å²) in [4.78, 5) is 29.1. The first kappa shape index (κ1) is 22.1. The number of rotatable bonds is 8. The lowest BCUT2D eigenvalue weighted by Crippen LogP contribution is -2.43. The Morgan fingerprint density at radius 1 is 1.27 bits per heavy atom. The second kappa shape index (κ2) is 9.96. The smallest absolute Gasteiger partial charge is 0.227 e. The van der Waals surface area contributed by atoms with Gasteiger partial charge in [-0.15, -0.1) is 0 Å². The average Bonchev–Trinajstić information content (AvgIpc) is 3.13. The van der Waals surface area contributed by atoms with Gasteiger partial charge in [0.2, 0.25) is 11.8 Å². The van der Waals surface area contributed by atoms with Crippen LogP contribution in [0.3, 0.4) is 0 Å². The van der Waals surface area contributed by atoms with Crippen LogP contribution in [0.25, 0.3) is 0 Å². The number of nitrogens with zero attached hydrogens (tertiary/aromatic N) is 2. The minimum absolute atomic E-state index is 0.105. The summed E-state index contributed by atoms with van der Waals surface area (Å²) in [6.45, 7) is 0.832. The van der Waals surface area contributed by atoms with Gasteiger partial charge in [0.05, 0.1) is 18.7 Å². The lowest BCUT2D eigenvalue weighted by atomic mass is 10.0. The van der Waals surface area contributed by atoms with Crippen molar-refractivity contribution in [1.82, 2.24) is 10.2 Å². The molecule has 1 aliphatic rings. The zero-order valence-corrected chi connectivity index (χ0v) is 18.4. The Balaban J connectivity index is 1.62. The predicted octanol–water partition coefficient (Wildman–Crippen LogP) is 2.99. The van der Waals surface area contributed by atoms with Gasteiger partial charge in [0, 0.05) is 30.6 Å². The van der Waals surface area contributed by atoms with E-state index in [0.29, 0.717) is 29.5 Å². The monoisotopic (exact) mass is 429 g/mol. The lowest BCUT2D eigenvalue weighted by molar-refractivity contribution is -0.126. The summed E-state index contributed by atoms with van der Waals surface area (Å²) in [5, 5.41) is 3.56. The number of amides is 2. The van der Waals surface area contributed by atoms with E-state index in [1.165, 1.54) is 5.56 Å². The van der Waals surface area contributed by atoms with Gasteiger partial charge in [-0.3, -0.25) is 9.59 Å². The van der Waals surface area contributed by atoms with Crippen molar-refractivity contribution in [3.63, 3.8) is 0 Å². The van der Waals surface area contributed by atoms with Gasteiger partial charge in [-0.25, -0.2) is 0 Å². The van der Waals surface area contributed by atoms with Crippen LogP contribution in [0.5, 0.6) is 5.75 Å². The maximum atomic E-state index is 12.8. The molecule has 1 aliphatic heterocycles. The van der Waals surface area contributed by atoms with E-state index in [-0.39, 0.29) is 24.3 Å². The van der Waals surface area contributed by atoms with E-state index in [1.807, 2.05) is 32.3 Å². The molecule has 0 aliphatic carbocycles. The van der Waals surface area contributed by atoms with Crippen LogP contribution in [0.4, 0.5) is 5.69 Å². The molecule has 2 amide bonds. The summed E-state index contributed by atoms with van der Waals surface area (Å²) < 4.78 is 5.36. The fourth-order valence-corrected chi connectivity index (χ4v) is 3.84. The highest BCUT2D eigenvalue weighted by Gasteiger charge is 2.36. The molecule has 7 heteroatoms. The van der Waals surface area contributed by atoms with Crippen LogP contribution in [0.1, 0.15) is 12.0 Å². The minimum Gasteiger partial charge on any atom is -0.495 e. The van der Waals surface area contributed by atoms with Gasteiger partial charge < -0.3 is 19.9 Å². The Bertz CT molecular complexity index is 889. The number of nitrogens with one attached hydrogen (secondary N) is 1. The van der Waals surface area contributed by atoms with E-state index in [9.17, 15) is 9.59 Å². The number of carbonyl (C=O) groups is 2. The van der Waals surface area contributed by atoms with Crippen LogP contribution in [0.15, 0.2) is 48.5 Å². The van der Waals surface area contributed by atoms with Crippen molar-refractivity contribution in [2.45, 2.75) is 18.9 Å². The van der Waals surface area contributed by atoms with E-state index < -0.39 is 5.92 Å². The van der Waals surface area contributed by atoms with Crippen molar-refractivity contribution in [2.75, 3.05) is 39.2 Å². The van der Waals surface area contributed by atoms with E-state index in [1.54, 1.807) is 30.2 Å². The first-order chi connectivity index (χ1) is 14.4. The number of likely N-dealkylation sites (N-methyl/N-ethyl adjacent to an activating group) is 1. The molecule has 30 heavy (non-hydrogen) atoms. The molecule has 0 saturated carbocycles. The van der Waals surface area contributed by atoms with Crippen LogP contribution in [0, 0.1) is 5.92 Å². The standard InChI is InChI=1S/C23H28ClN3O3/c1-26(2)19(11-16-7-5-4-6-8-16)14-25-23(29)17-12-22(28)27(15-17)20-13-18(24)9-10-21(20)30-3/h4-10,13,17,19H,11-12,14-15H2,1-3H3,(H,25,29). The molecule has 2 aromatic carbocycles. The Morgan fingerprint density at radius 3 is 2.67 bits per heavy atom. The number of anilines is 1. The topological polar surface area (TPSA) is 61.9 Å². The quantitative estimate of drug-likeness (QED) is 0.700. The number of hydrogen-bond acceptors (Lipinski definition) is 4. The van der Waals surface area contributed by atoms with Gasteiger partial charge in [-0.2, -0.15) is 0 Å². The maximum Gasteiger partial charge on any atom is 0.227 e. The Labute approximate surface area is 182 Å². The third-order valence-corrected chi connectivity index (χ3v) is 5.72. The summed E-state index contributed by atoms with van der Waals surface area (Å²) in [7, 11) is 5.56. The average molecular weight is 430 g/mol. The molecular weight excluding hydrogens is 402 g/mol. The Hall–Kier alpha value is -2.57. The number of methoxy groups -OCH3 is 1. The molecule has 0 aromatic heterocycles. The molecule has 0 radical (unpaired) electrons. The van der Waals surface area contributed by atoms with Gasteiger partial charge in [-0.1, -0.05) is 41.9 Å². The fourth-order valence-electron chi connectivity index (χ4n) is 3.68. The molecule has 1 saturated heterocycles. The van der Waals surface area contributed by atoms with Crippen molar-refractivity contribution < 1.29 is 14.3 Å². The molecular formula is C23H28ClN3O3. The molecule has 1 fully saturated rings. The third kappa shape index (κ3) is 5.32. The summed E-state index contributed by atoms with van der Waals surface area (Å²) in [6, 6.07) is 15.5. The molecule has 1 heterocycles.